The molecule has 14 heavy (non-hydrogen) atoms. The van der Waals surface area contributed by atoms with E-state index in [0.29, 0.717) is 5.78 Å². The Morgan fingerprint density at radius 2 is 2.21 bits per heavy atom. The SMILES string of the molecule is O=C(CCl)Nc1ncnc2ncnn12. The maximum atomic E-state index is 11.0. The van der Waals surface area contributed by atoms with Crippen LogP contribution in [0.4, 0.5) is 5.95 Å². The quantitative estimate of drug-likeness (QED) is 0.691. The lowest BCUT2D eigenvalue weighted by Gasteiger charge is -2.01. The van der Waals surface area contributed by atoms with E-state index in [0.717, 1.165) is 0 Å². The largest absolute Gasteiger partial charge is 0.293 e. The predicted octanol–water partition coefficient (Wildman–Crippen LogP) is -0.303. The molecule has 0 aliphatic carbocycles. The van der Waals surface area contributed by atoms with Crippen LogP contribution in [0.5, 0.6) is 0 Å². The molecule has 2 aromatic heterocycles. The monoisotopic (exact) mass is 212 g/mol. The standard InChI is InChI=1S/C6H5ClN6O/c7-1-4(14)12-6-9-2-8-5-10-3-11-13(5)6/h2-3H,1H2,(H,8,9,10,11,12,14). The molecule has 0 radical (unpaired) electrons. The zero-order chi connectivity index (χ0) is 9.97. The maximum Gasteiger partial charge on any atom is 0.256 e. The van der Waals surface area contributed by atoms with Crippen molar-refractivity contribution < 1.29 is 4.79 Å². The molecule has 0 unspecified atom stereocenters. The number of aromatic nitrogens is 5. The number of carbonyl (C=O) groups excluding carboxylic acids is 1. The van der Waals surface area contributed by atoms with Gasteiger partial charge < -0.3 is 0 Å². The number of rotatable bonds is 2. The van der Waals surface area contributed by atoms with Gasteiger partial charge in [0.15, 0.2) is 0 Å². The summed E-state index contributed by atoms with van der Waals surface area (Å²) in [7, 11) is 0. The van der Waals surface area contributed by atoms with Gasteiger partial charge >= 0.3 is 0 Å². The zero-order valence-corrected chi connectivity index (χ0v) is 7.64. The van der Waals surface area contributed by atoms with Gasteiger partial charge in [-0.05, 0) is 0 Å². The average Bonchev–Trinajstić information content (AvgIpc) is 2.66. The second kappa shape index (κ2) is 3.54. The van der Waals surface area contributed by atoms with Gasteiger partial charge in [0.2, 0.25) is 11.9 Å². The zero-order valence-electron chi connectivity index (χ0n) is 6.88. The molecule has 0 aliphatic heterocycles. The highest BCUT2D eigenvalue weighted by molar-refractivity contribution is 6.28. The minimum absolute atomic E-state index is 0.139. The van der Waals surface area contributed by atoms with Crippen molar-refractivity contribution in [3.8, 4) is 0 Å². The third kappa shape index (κ3) is 1.49. The van der Waals surface area contributed by atoms with E-state index >= 15 is 0 Å². The lowest BCUT2D eigenvalue weighted by Crippen LogP contribution is -2.17. The van der Waals surface area contributed by atoms with Crippen molar-refractivity contribution in [1.29, 1.82) is 0 Å². The van der Waals surface area contributed by atoms with Crippen LogP contribution >= 0.6 is 11.6 Å². The van der Waals surface area contributed by atoms with Gasteiger partial charge in [-0.25, -0.2) is 4.98 Å². The number of hydrogen-bond donors (Lipinski definition) is 1. The minimum atomic E-state index is -0.359. The first-order valence-corrected chi connectivity index (χ1v) is 4.21. The topological polar surface area (TPSA) is 85.1 Å². The molecule has 0 atom stereocenters. The Labute approximate surface area is 83.1 Å². The fraction of sp³-hybridized carbons (Fsp3) is 0.167. The molecule has 1 amide bonds. The minimum Gasteiger partial charge on any atom is -0.293 e. The van der Waals surface area contributed by atoms with Gasteiger partial charge in [-0.3, -0.25) is 10.1 Å². The molecule has 0 bridgehead atoms. The number of anilines is 1. The Morgan fingerprint density at radius 1 is 1.43 bits per heavy atom. The van der Waals surface area contributed by atoms with Crippen LogP contribution in [0, 0.1) is 0 Å². The Bertz CT molecular complexity index is 468. The van der Waals surface area contributed by atoms with Crippen molar-refractivity contribution in [2.45, 2.75) is 0 Å². The molecule has 8 heteroatoms. The first kappa shape index (κ1) is 8.82. The molecule has 0 aromatic carbocycles. The number of hydrogen-bond acceptors (Lipinski definition) is 5. The van der Waals surface area contributed by atoms with Gasteiger partial charge in [-0.2, -0.15) is 19.6 Å². The third-order valence-corrected chi connectivity index (χ3v) is 1.70. The number of halogens is 1. The summed E-state index contributed by atoms with van der Waals surface area (Å²) in [5.74, 6) is 0.116. The highest BCUT2D eigenvalue weighted by Crippen LogP contribution is 2.01. The van der Waals surface area contributed by atoms with Crippen molar-refractivity contribution in [3.05, 3.63) is 12.7 Å². The molecule has 72 valence electrons. The molecule has 7 nitrogen and oxygen atoms in total. The molecule has 1 N–H and O–H groups in total. The molecule has 0 fully saturated rings. The van der Waals surface area contributed by atoms with Crippen LogP contribution in [0.3, 0.4) is 0 Å². The van der Waals surface area contributed by atoms with Gasteiger partial charge in [0, 0.05) is 0 Å². The van der Waals surface area contributed by atoms with Crippen LogP contribution in [0.15, 0.2) is 12.7 Å². The maximum absolute atomic E-state index is 11.0. The summed E-state index contributed by atoms with van der Waals surface area (Å²) < 4.78 is 1.31. The third-order valence-electron chi connectivity index (χ3n) is 1.46. The van der Waals surface area contributed by atoms with Crippen molar-refractivity contribution in [2.24, 2.45) is 0 Å². The van der Waals surface area contributed by atoms with Gasteiger partial charge in [-0.1, -0.05) is 0 Å². The van der Waals surface area contributed by atoms with Gasteiger partial charge in [0.1, 0.15) is 18.5 Å². The summed E-state index contributed by atoms with van der Waals surface area (Å²) >= 11 is 5.33. The highest BCUT2D eigenvalue weighted by atomic mass is 35.5. The van der Waals surface area contributed by atoms with Crippen LogP contribution < -0.4 is 5.32 Å². The lowest BCUT2D eigenvalue weighted by molar-refractivity contribution is -0.114. The molecule has 0 spiro atoms. The Balaban J connectivity index is 2.41. The summed E-state index contributed by atoms with van der Waals surface area (Å²) in [5.41, 5.74) is 0. The molecule has 0 saturated carbocycles. The Kier molecular flexibility index (Phi) is 2.23. The highest BCUT2D eigenvalue weighted by Gasteiger charge is 2.07. The van der Waals surface area contributed by atoms with Gasteiger partial charge in [0.25, 0.3) is 5.78 Å². The molecule has 2 rings (SSSR count). The predicted molar refractivity (Wildman–Crippen MR) is 47.9 cm³/mol. The second-order valence-electron chi connectivity index (χ2n) is 2.35. The van der Waals surface area contributed by atoms with Crippen LogP contribution in [0.1, 0.15) is 0 Å². The fourth-order valence-electron chi connectivity index (χ4n) is 0.906. The molecular weight excluding hydrogens is 208 g/mol. The van der Waals surface area contributed by atoms with E-state index in [-0.39, 0.29) is 17.7 Å². The summed E-state index contributed by atoms with van der Waals surface area (Å²) in [6.07, 6.45) is 2.61. The molecule has 2 aromatic rings. The average molecular weight is 213 g/mol. The number of nitrogens with one attached hydrogen (secondary N) is 1. The van der Waals surface area contributed by atoms with E-state index in [2.05, 4.69) is 25.4 Å². The number of nitrogens with zero attached hydrogens (tertiary/aromatic N) is 5. The van der Waals surface area contributed by atoms with Crippen molar-refractivity contribution in [3.63, 3.8) is 0 Å². The summed E-state index contributed by atoms with van der Waals surface area (Å²) in [6.45, 7) is 0. The van der Waals surface area contributed by atoms with E-state index in [1.807, 2.05) is 0 Å². The molecular formula is C6H5ClN6O. The first-order valence-electron chi connectivity index (χ1n) is 3.68. The number of amides is 1. The normalized spacial score (nSPS) is 10.4. The summed E-state index contributed by atoms with van der Waals surface area (Å²) in [5, 5.41) is 6.29. The van der Waals surface area contributed by atoms with Crippen LogP contribution in [0.2, 0.25) is 0 Å². The molecule has 2 heterocycles. The molecule has 0 aliphatic rings. The van der Waals surface area contributed by atoms with Crippen LogP contribution in [-0.2, 0) is 4.79 Å². The van der Waals surface area contributed by atoms with Gasteiger partial charge in [-0.15, -0.1) is 11.6 Å². The smallest absolute Gasteiger partial charge is 0.256 e. The van der Waals surface area contributed by atoms with Crippen molar-refractivity contribution in [1.82, 2.24) is 24.6 Å². The summed E-state index contributed by atoms with van der Waals surface area (Å²) in [4.78, 5) is 22.5. The van der Waals surface area contributed by atoms with E-state index in [4.69, 9.17) is 11.6 Å². The Hall–Kier alpha value is -1.76. The summed E-state index contributed by atoms with van der Waals surface area (Å²) in [6, 6.07) is 0. The van der Waals surface area contributed by atoms with E-state index < -0.39 is 0 Å². The van der Waals surface area contributed by atoms with Crippen molar-refractivity contribution in [2.75, 3.05) is 11.2 Å². The number of fused-ring (bicyclic) bond motifs is 1. The lowest BCUT2D eigenvalue weighted by atomic mass is 10.7. The van der Waals surface area contributed by atoms with Gasteiger partial charge in [0.05, 0.1) is 0 Å². The first-order chi connectivity index (χ1) is 6.81. The van der Waals surface area contributed by atoms with Crippen LogP contribution in [0.25, 0.3) is 5.78 Å². The van der Waals surface area contributed by atoms with E-state index in [1.165, 1.54) is 17.2 Å². The van der Waals surface area contributed by atoms with Crippen molar-refractivity contribution >= 4 is 29.2 Å². The number of alkyl halides is 1. The number of carbonyl (C=O) groups is 1. The van der Waals surface area contributed by atoms with E-state index in [1.54, 1.807) is 0 Å². The van der Waals surface area contributed by atoms with Crippen LogP contribution in [-0.4, -0.2) is 36.4 Å². The van der Waals surface area contributed by atoms with E-state index in [9.17, 15) is 4.79 Å². The molecule has 0 saturated heterocycles. The fourth-order valence-corrected chi connectivity index (χ4v) is 0.973. The Morgan fingerprint density at radius 3 is 3.00 bits per heavy atom. The second-order valence-corrected chi connectivity index (χ2v) is 2.62.